The topological polar surface area (TPSA) is 42.3 Å². The predicted molar refractivity (Wildman–Crippen MR) is 124 cm³/mol. The van der Waals surface area contributed by atoms with Crippen molar-refractivity contribution < 1.29 is 9.59 Å². The highest BCUT2D eigenvalue weighted by Crippen LogP contribution is 2.54. The third-order valence-corrected chi connectivity index (χ3v) is 7.42. The molecule has 31 heavy (non-hydrogen) atoms. The van der Waals surface area contributed by atoms with E-state index in [1.807, 2.05) is 19.2 Å². The molecule has 0 spiro atoms. The molecule has 0 amide bonds. The van der Waals surface area contributed by atoms with Crippen molar-refractivity contribution in [3.8, 4) is 0 Å². The molecule has 1 aliphatic heterocycles. The normalized spacial score (nSPS) is 23.5. The monoisotopic (exact) mass is 416 g/mol. The lowest BCUT2D eigenvalue weighted by Gasteiger charge is -2.47. The molecule has 162 valence electrons. The van der Waals surface area contributed by atoms with E-state index in [4.69, 9.17) is 0 Å². The Labute approximate surface area is 184 Å². The molecular weight excluding hydrogens is 384 g/mol. The second-order valence-corrected chi connectivity index (χ2v) is 11.3. The number of rotatable bonds is 1. The molecule has 1 aromatic carbocycles. The lowest BCUT2D eigenvalue weighted by atomic mass is 9.64. The van der Waals surface area contributed by atoms with Crippen LogP contribution in [0.5, 0.6) is 0 Å². The van der Waals surface area contributed by atoms with Gasteiger partial charge in [-0.3, -0.25) is 9.59 Å². The number of carbonyl (C=O) groups excluding carboxylic acids is 2. The van der Waals surface area contributed by atoms with Crippen LogP contribution in [0.25, 0.3) is 10.9 Å². The maximum absolute atomic E-state index is 13.6. The Kier molecular flexibility index (Phi) is 4.22. The van der Waals surface area contributed by atoms with Crippen molar-refractivity contribution in [1.29, 1.82) is 0 Å². The van der Waals surface area contributed by atoms with E-state index in [1.165, 1.54) is 0 Å². The van der Waals surface area contributed by atoms with Crippen LogP contribution in [0.1, 0.15) is 64.9 Å². The summed E-state index contributed by atoms with van der Waals surface area (Å²) in [5.41, 5.74) is 6.02. The Morgan fingerprint density at radius 1 is 0.806 bits per heavy atom. The molecular formula is C27H32N2O2. The summed E-state index contributed by atoms with van der Waals surface area (Å²) in [5.74, 6) is 0.125. The fourth-order valence-corrected chi connectivity index (χ4v) is 6.08. The summed E-state index contributed by atoms with van der Waals surface area (Å²) < 4.78 is 2.12. The molecule has 4 heteroatoms. The van der Waals surface area contributed by atoms with Crippen LogP contribution in [-0.2, 0) is 16.6 Å². The van der Waals surface area contributed by atoms with Crippen LogP contribution in [0.15, 0.2) is 53.0 Å². The molecule has 1 aromatic heterocycles. The molecule has 0 N–H and O–H groups in total. The number of aryl methyl sites for hydroxylation is 1. The third-order valence-electron chi connectivity index (χ3n) is 7.42. The number of nitrogens with zero attached hydrogens (tertiary/aromatic N) is 2. The Bertz CT molecular complexity index is 1150. The van der Waals surface area contributed by atoms with E-state index in [9.17, 15) is 9.59 Å². The number of hydrogen-bond donors (Lipinski definition) is 0. The number of aromatic nitrogens is 1. The Morgan fingerprint density at radius 2 is 1.32 bits per heavy atom. The minimum Gasteiger partial charge on any atom is -0.351 e. The highest BCUT2D eigenvalue weighted by molar-refractivity contribution is 6.08. The number of para-hydroxylation sites is 1. The van der Waals surface area contributed by atoms with E-state index in [0.717, 1.165) is 51.8 Å². The average Bonchev–Trinajstić information content (AvgIpc) is 2.99. The molecule has 4 nitrogen and oxygen atoms in total. The molecule has 0 atom stereocenters. The second kappa shape index (κ2) is 6.44. The van der Waals surface area contributed by atoms with Gasteiger partial charge >= 0.3 is 0 Å². The zero-order chi connectivity index (χ0) is 22.3. The van der Waals surface area contributed by atoms with Crippen LogP contribution in [0.3, 0.4) is 0 Å². The molecule has 0 unspecified atom stereocenters. The number of hydrogen-bond acceptors (Lipinski definition) is 3. The zero-order valence-corrected chi connectivity index (χ0v) is 19.5. The SMILES string of the molecule is CN1C2=C(C(=O)CC(C)(C)C2)C(c2cn(C)c3ccccc23)C2=C1CC(C)(C)CC2=O. The molecule has 0 radical (unpaired) electrons. The predicted octanol–water partition coefficient (Wildman–Crippen LogP) is 5.49. The molecule has 0 saturated heterocycles. The Hall–Kier alpha value is -2.62. The van der Waals surface area contributed by atoms with Gasteiger partial charge in [-0.25, -0.2) is 0 Å². The van der Waals surface area contributed by atoms with E-state index in [-0.39, 0.29) is 28.3 Å². The molecule has 0 saturated carbocycles. The fraction of sp³-hybridized carbons (Fsp3) is 0.481. The van der Waals surface area contributed by atoms with Gasteiger partial charge in [0, 0.05) is 72.5 Å². The molecule has 0 bridgehead atoms. The van der Waals surface area contributed by atoms with E-state index in [1.54, 1.807) is 0 Å². The molecule has 5 rings (SSSR count). The van der Waals surface area contributed by atoms with Crippen LogP contribution >= 0.6 is 0 Å². The molecule has 2 aromatic rings. The van der Waals surface area contributed by atoms with Crippen LogP contribution in [-0.4, -0.2) is 28.1 Å². The summed E-state index contributed by atoms with van der Waals surface area (Å²) in [6.07, 6.45) is 4.91. The number of Topliss-reactive ketones (excluding diaryl/α,β-unsaturated/α-hetero) is 2. The lowest BCUT2D eigenvalue weighted by molar-refractivity contribution is -0.119. The number of ketones is 2. The molecule has 2 heterocycles. The largest absolute Gasteiger partial charge is 0.351 e. The van der Waals surface area contributed by atoms with Crippen LogP contribution in [0.2, 0.25) is 0 Å². The van der Waals surface area contributed by atoms with Crippen molar-refractivity contribution in [2.75, 3.05) is 7.05 Å². The number of allylic oxidation sites excluding steroid dienone is 4. The van der Waals surface area contributed by atoms with Crippen molar-refractivity contribution in [3.63, 3.8) is 0 Å². The number of carbonyl (C=O) groups is 2. The van der Waals surface area contributed by atoms with Crippen LogP contribution < -0.4 is 0 Å². The summed E-state index contributed by atoms with van der Waals surface area (Å²) in [6.45, 7) is 8.70. The second-order valence-electron chi connectivity index (χ2n) is 11.3. The van der Waals surface area contributed by atoms with E-state index in [2.05, 4.69) is 62.5 Å². The summed E-state index contributed by atoms with van der Waals surface area (Å²) in [5, 5.41) is 1.13. The molecule has 3 aliphatic rings. The highest BCUT2D eigenvalue weighted by Gasteiger charge is 2.48. The average molecular weight is 417 g/mol. The number of fused-ring (bicyclic) bond motifs is 1. The van der Waals surface area contributed by atoms with Gasteiger partial charge in [0.15, 0.2) is 11.6 Å². The van der Waals surface area contributed by atoms with Crippen LogP contribution in [0.4, 0.5) is 0 Å². The quantitative estimate of drug-likeness (QED) is 0.617. The maximum Gasteiger partial charge on any atom is 0.162 e. The summed E-state index contributed by atoms with van der Waals surface area (Å²) in [6, 6.07) is 8.32. The smallest absolute Gasteiger partial charge is 0.162 e. The van der Waals surface area contributed by atoms with E-state index in [0.29, 0.717) is 12.8 Å². The first-order valence-corrected chi connectivity index (χ1v) is 11.3. The highest BCUT2D eigenvalue weighted by atomic mass is 16.1. The van der Waals surface area contributed by atoms with Crippen molar-refractivity contribution in [1.82, 2.24) is 9.47 Å². The van der Waals surface area contributed by atoms with Gasteiger partial charge in [0.1, 0.15) is 0 Å². The van der Waals surface area contributed by atoms with Crippen molar-refractivity contribution in [3.05, 3.63) is 58.6 Å². The van der Waals surface area contributed by atoms with Crippen molar-refractivity contribution in [2.24, 2.45) is 17.9 Å². The minimum absolute atomic E-state index is 0.0697. The van der Waals surface area contributed by atoms with Gasteiger partial charge < -0.3 is 9.47 Å². The van der Waals surface area contributed by atoms with Gasteiger partial charge in [-0.05, 0) is 35.3 Å². The summed E-state index contributed by atoms with van der Waals surface area (Å²) >= 11 is 0. The first-order chi connectivity index (χ1) is 14.5. The van der Waals surface area contributed by atoms with Gasteiger partial charge in [0.2, 0.25) is 0 Å². The third kappa shape index (κ3) is 3.02. The Balaban J connectivity index is 1.82. The van der Waals surface area contributed by atoms with Crippen LogP contribution in [0, 0.1) is 10.8 Å². The van der Waals surface area contributed by atoms with Gasteiger partial charge in [-0.2, -0.15) is 0 Å². The standard InChI is InChI=1S/C27H32N2O2/c1-26(2)11-19-24(21(30)13-26)23(17-15-28(5)18-10-8-7-9-16(17)18)25-20(29(19)6)12-27(3,4)14-22(25)31/h7-10,15,23H,11-14H2,1-6H3. The zero-order valence-electron chi connectivity index (χ0n) is 19.5. The van der Waals surface area contributed by atoms with Crippen molar-refractivity contribution >= 4 is 22.5 Å². The van der Waals surface area contributed by atoms with E-state index >= 15 is 0 Å². The maximum atomic E-state index is 13.6. The Morgan fingerprint density at radius 3 is 1.87 bits per heavy atom. The van der Waals surface area contributed by atoms with Gasteiger partial charge in [0.25, 0.3) is 0 Å². The first-order valence-electron chi connectivity index (χ1n) is 11.3. The first kappa shape index (κ1) is 20.3. The van der Waals surface area contributed by atoms with Gasteiger partial charge in [-0.15, -0.1) is 0 Å². The minimum atomic E-state index is -0.264. The lowest BCUT2D eigenvalue weighted by Crippen LogP contribution is -2.43. The van der Waals surface area contributed by atoms with Gasteiger partial charge in [-0.1, -0.05) is 45.9 Å². The molecule has 0 fully saturated rings. The van der Waals surface area contributed by atoms with E-state index < -0.39 is 0 Å². The van der Waals surface area contributed by atoms with Crippen molar-refractivity contribution in [2.45, 2.75) is 59.3 Å². The van der Waals surface area contributed by atoms with Gasteiger partial charge in [0.05, 0.1) is 0 Å². The molecule has 2 aliphatic carbocycles. The summed E-state index contributed by atoms with van der Waals surface area (Å²) in [4.78, 5) is 29.4. The number of benzene rings is 1. The summed E-state index contributed by atoms with van der Waals surface area (Å²) in [7, 11) is 4.11. The fourth-order valence-electron chi connectivity index (χ4n) is 6.08.